The molecule has 0 aliphatic heterocycles. The minimum Gasteiger partial charge on any atom is -0.397 e. The first kappa shape index (κ1) is 25.0. The zero-order valence-electron chi connectivity index (χ0n) is 21.5. The summed E-state index contributed by atoms with van der Waals surface area (Å²) in [6, 6.07) is 2.01. The van der Waals surface area contributed by atoms with E-state index in [2.05, 4.69) is 19.2 Å². The molecule has 194 valence electrons. The number of fused-ring (bicyclic) bond motifs is 5. The molecule has 0 spiro atoms. The van der Waals surface area contributed by atoms with Crippen LogP contribution in [0, 0.1) is 58.0 Å². The minimum atomic E-state index is -0.976. The number of carbonyl (C=O) groups excluding carboxylic acids is 1. The van der Waals surface area contributed by atoms with Crippen molar-refractivity contribution in [3.63, 3.8) is 0 Å². The van der Waals surface area contributed by atoms with Gasteiger partial charge in [-0.3, -0.25) is 4.79 Å². The number of hydrogen-bond donors (Lipinski definition) is 2. The van der Waals surface area contributed by atoms with Gasteiger partial charge in [0.2, 0.25) is 0 Å². The lowest BCUT2D eigenvalue weighted by atomic mass is 9.44. The van der Waals surface area contributed by atoms with Crippen molar-refractivity contribution in [2.75, 3.05) is 31.3 Å². The SMILES string of the molecule is COCC12CCC(C)CC1CCC1C3CCC(C(=O)CNc4cc(F)c(F)cc4N)C3(C)CCC12. The predicted molar refractivity (Wildman–Crippen MR) is 135 cm³/mol. The second-order valence-corrected chi connectivity index (χ2v) is 12.5. The minimum absolute atomic E-state index is 0.00921. The number of ketones is 1. The van der Waals surface area contributed by atoms with Gasteiger partial charge >= 0.3 is 0 Å². The molecule has 35 heavy (non-hydrogen) atoms. The Morgan fingerprint density at radius 2 is 1.86 bits per heavy atom. The fourth-order valence-electron chi connectivity index (χ4n) is 9.36. The van der Waals surface area contributed by atoms with Crippen LogP contribution in [0.25, 0.3) is 0 Å². The van der Waals surface area contributed by atoms with Crippen molar-refractivity contribution >= 4 is 17.2 Å². The number of halogens is 2. The van der Waals surface area contributed by atoms with E-state index >= 15 is 0 Å². The van der Waals surface area contributed by atoms with Gasteiger partial charge < -0.3 is 15.8 Å². The second kappa shape index (κ2) is 9.32. The summed E-state index contributed by atoms with van der Waals surface area (Å²) in [5, 5.41) is 2.99. The molecule has 3 N–H and O–H groups in total. The molecule has 0 aromatic heterocycles. The van der Waals surface area contributed by atoms with Crippen molar-refractivity contribution in [2.45, 2.75) is 71.6 Å². The number of nitrogen functional groups attached to an aromatic ring is 1. The van der Waals surface area contributed by atoms with Gasteiger partial charge in [-0.1, -0.05) is 20.3 Å². The van der Waals surface area contributed by atoms with Crippen LogP contribution in [0.15, 0.2) is 12.1 Å². The van der Waals surface area contributed by atoms with Crippen molar-refractivity contribution in [1.29, 1.82) is 0 Å². The molecule has 0 amide bonds. The maximum Gasteiger partial charge on any atom is 0.161 e. The van der Waals surface area contributed by atoms with Gasteiger partial charge in [-0.15, -0.1) is 0 Å². The number of nitrogens with two attached hydrogens (primary N) is 1. The number of benzene rings is 1. The molecule has 0 saturated heterocycles. The van der Waals surface area contributed by atoms with Crippen LogP contribution in [0.5, 0.6) is 0 Å². The standard InChI is InChI=1S/C29H42F2N2O2/c1-17-8-11-29(16-35-3)18(12-17)4-5-19-20-6-7-22(28(20,2)10-9-21(19)29)27(34)15-33-26-14-24(31)23(30)13-25(26)32/h13-14,17-22,33H,4-12,15-16,32H2,1-3H3. The number of nitrogens with one attached hydrogen (secondary N) is 1. The maximum absolute atomic E-state index is 13.7. The van der Waals surface area contributed by atoms with E-state index in [4.69, 9.17) is 10.5 Å². The van der Waals surface area contributed by atoms with Crippen LogP contribution in [-0.2, 0) is 9.53 Å². The highest BCUT2D eigenvalue weighted by molar-refractivity contribution is 5.87. The fraction of sp³-hybridized carbons (Fsp3) is 0.759. The number of methoxy groups -OCH3 is 1. The number of ether oxygens (including phenoxy) is 1. The van der Waals surface area contributed by atoms with Crippen LogP contribution in [0.2, 0.25) is 0 Å². The highest BCUT2D eigenvalue weighted by Crippen LogP contribution is 2.68. The third-order valence-electron chi connectivity index (χ3n) is 11.0. The van der Waals surface area contributed by atoms with Crippen molar-refractivity contribution in [1.82, 2.24) is 0 Å². The molecule has 0 bridgehead atoms. The van der Waals surface area contributed by atoms with Crippen molar-refractivity contribution in [2.24, 2.45) is 46.3 Å². The first-order valence-corrected chi connectivity index (χ1v) is 13.7. The summed E-state index contributed by atoms with van der Waals surface area (Å²) >= 11 is 0. The summed E-state index contributed by atoms with van der Waals surface area (Å²) in [5.41, 5.74) is 6.58. The molecule has 8 atom stereocenters. The van der Waals surface area contributed by atoms with E-state index in [0.29, 0.717) is 23.2 Å². The van der Waals surface area contributed by atoms with Crippen LogP contribution >= 0.6 is 0 Å². The number of rotatable bonds is 6. The van der Waals surface area contributed by atoms with Crippen LogP contribution < -0.4 is 11.1 Å². The maximum atomic E-state index is 13.7. The van der Waals surface area contributed by atoms with Crippen LogP contribution in [0.1, 0.15) is 71.6 Å². The van der Waals surface area contributed by atoms with Gasteiger partial charge in [0.15, 0.2) is 17.4 Å². The molecule has 0 radical (unpaired) electrons. The molecule has 4 fully saturated rings. The molecule has 1 aromatic rings. The summed E-state index contributed by atoms with van der Waals surface area (Å²) < 4.78 is 33.0. The zero-order valence-corrected chi connectivity index (χ0v) is 21.5. The lowest BCUT2D eigenvalue weighted by Gasteiger charge is -2.62. The topological polar surface area (TPSA) is 64.3 Å². The second-order valence-electron chi connectivity index (χ2n) is 12.5. The van der Waals surface area contributed by atoms with E-state index < -0.39 is 11.6 Å². The number of Topliss-reactive ketones (excluding diaryl/α,β-unsaturated/α-hetero) is 1. The van der Waals surface area contributed by atoms with Gasteiger partial charge in [-0.05, 0) is 91.8 Å². The van der Waals surface area contributed by atoms with Crippen LogP contribution in [-0.4, -0.2) is 26.0 Å². The molecule has 6 heteroatoms. The highest BCUT2D eigenvalue weighted by Gasteiger charge is 2.62. The largest absolute Gasteiger partial charge is 0.397 e. The first-order valence-electron chi connectivity index (χ1n) is 13.7. The molecule has 4 aliphatic carbocycles. The Bertz CT molecular complexity index is 970. The van der Waals surface area contributed by atoms with Crippen molar-refractivity contribution in [3.8, 4) is 0 Å². The smallest absolute Gasteiger partial charge is 0.161 e. The lowest BCUT2D eigenvalue weighted by molar-refractivity contribution is -0.154. The Morgan fingerprint density at radius 1 is 1.09 bits per heavy atom. The molecule has 4 saturated carbocycles. The Kier molecular flexibility index (Phi) is 6.65. The summed E-state index contributed by atoms with van der Waals surface area (Å²) in [7, 11) is 1.87. The first-order chi connectivity index (χ1) is 16.7. The molecule has 4 aliphatic rings. The van der Waals surface area contributed by atoms with Gasteiger partial charge in [0, 0.05) is 25.2 Å². The number of carbonyl (C=O) groups is 1. The highest BCUT2D eigenvalue weighted by atomic mass is 19.2. The molecule has 1 aromatic carbocycles. The zero-order chi connectivity index (χ0) is 25.0. The average molecular weight is 489 g/mol. The van der Waals surface area contributed by atoms with E-state index in [-0.39, 0.29) is 35.0 Å². The van der Waals surface area contributed by atoms with Gasteiger partial charge in [0.25, 0.3) is 0 Å². The van der Waals surface area contributed by atoms with Gasteiger partial charge in [-0.25, -0.2) is 8.78 Å². The summed E-state index contributed by atoms with van der Waals surface area (Å²) in [6.45, 7) is 5.75. The van der Waals surface area contributed by atoms with E-state index in [1.165, 1.54) is 38.5 Å². The third kappa shape index (κ3) is 4.08. The average Bonchev–Trinajstić information content (AvgIpc) is 3.18. The molecular weight excluding hydrogens is 446 g/mol. The molecular formula is C29H42F2N2O2. The summed E-state index contributed by atoms with van der Waals surface area (Å²) in [6.07, 6.45) is 10.9. The quantitative estimate of drug-likeness (QED) is 0.452. The van der Waals surface area contributed by atoms with E-state index in [1.54, 1.807) is 0 Å². The Morgan fingerprint density at radius 3 is 2.63 bits per heavy atom. The monoisotopic (exact) mass is 488 g/mol. The molecule has 8 unspecified atom stereocenters. The Labute approximate surface area is 208 Å². The normalized spacial score (nSPS) is 40.5. The van der Waals surface area contributed by atoms with Crippen molar-refractivity contribution in [3.05, 3.63) is 23.8 Å². The number of hydrogen-bond acceptors (Lipinski definition) is 4. The Hall–Kier alpha value is -1.69. The van der Waals surface area contributed by atoms with E-state index in [9.17, 15) is 13.6 Å². The molecule has 5 rings (SSSR count). The van der Waals surface area contributed by atoms with Gasteiger partial charge in [0.05, 0.1) is 24.5 Å². The lowest BCUT2D eigenvalue weighted by Crippen LogP contribution is -2.56. The number of anilines is 2. The van der Waals surface area contributed by atoms with E-state index in [1.807, 2.05) is 7.11 Å². The van der Waals surface area contributed by atoms with Crippen LogP contribution in [0.3, 0.4) is 0 Å². The summed E-state index contributed by atoms with van der Waals surface area (Å²) in [4.78, 5) is 13.4. The molecule has 4 nitrogen and oxygen atoms in total. The van der Waals surface area contributed by atoms with Gasteiger partial charge in [-0.2, -0.15) is 0 Å². The molecule has 0 heterocycles. The van der Waals surface area contributed by atoms with Gasteiger partial charge in [0.1, 0.15) is 0 Å². The predicted octanol–water partition coefficient (Wildman–Crippen LogP) is 6.45. The Balaban J connectivity index is 1.31. The summed E-state index contributed by atoms with van der Waals surface area (Å²) in [5.74, 6) is 1.81. The third-order valence-corrected chi connectivity index (χ3v) is 11.0. The van der Waals surface area contributed by atoms with E-state index in [0.717, 1.165) is 49.8 Å². The van der Waals surface area contributed by atoms with Crippen molar-refractivity contribution < 1.29 is 18.3 Å². The van der Waals surface area contributed by atoms with Crippen LogP contribution in [0.4, 0.5) is 20.2 Å². The fourth-order valence-corrected chi connectivity index (χ4v) is 9.36.